The molecule has 0 fully saturated rings. The van der Waals surface area contributed by atoms with Crippen LogP contribution in [0.15, 0.2) is 24.3 Å². The standard InChI is InChI=1S/C12H14FN3O/c1-2-3-7-17-12-14-11(15-16-12)9-5-4-6-10(13)8-9/h4-6,8H,2-3,7H2,1H3,(H,14,15,16). The zero-order chi connectivity index (χ0) is 12.1. The minimum absolute atomic E-state index is 0.299. The van der Waals surface area contributed by atoms with Crippen molar-refractivity contribution < 1.29 is 9.13 Å². The summed E-state index contributed by atoms with van der Waals surface area (Å²) in [7, 11) is 0. The van der Waals surface area contributed by atoms with Crippen molar-refractivity contribution in [3.63, 3.8) is 0 Å². The van der Waals surface area contributed by atoms with E-state index in [0.29, 0.717) is 24.0 Å². The van der Waals surface area contributed by atoms with Crippen LogP contribution in [0.1, 0.15) is 19.8 Å². The number of halogens is 1. The van der Waals surface area contributed by atoms with Crippen LogP contribution in [0.2, 0.25) is 0 Å². The van der Waals surface area contributed by atoms with E-state index in [2.05, 4.69) is 22.1 Å². The quantitative estimate of drug-likeness (QED) is 0.811. The van der Waals surface area contributed by atoms with E-state index in [1.165, 1.54) is 12.1 Å². The summed E-state index contributed by atoms with van der Waals surface area (Å²) in [5.41, 5.74) is 0.655. The predicted octanol–water partition coefficient (Wildman–Crippen LogP) is 2.79. The molecule has 4 nitrogen and oxygen atoms in total. The van der Waals surface area contributed by atoms with Gasteiger partial charge in [-0.25, -0.2) is 4.39 Å². The Labute approximate surface area is 98.8 Å². The lowest BCUT2D eigenvalue weighted by atomic mass is 10.2. The monoisotopic (exact) mass is 235 g/mol. The van der Waals surface area contributed by atoms with Crippen LogP contribution in [0.4, 0.5) is 4.39 Å². The van der Waals surface area contributed by atoms with Crippen LogP contribution in [0, 0.1) is 5.82 Å². The Morgan fingerprint density at radius 1 is 1.41 bits per heavy atom. The number of rotatable bonds is 5. The molecule has 2 aromatic rings. The molecule has 0 saturated carbocycles. The number of benzene rings is 1. The molecule has 1 heterocycles. The summed E-state index contributed by atoms with van der Waals surface area (Å²) in [6.07, 6.45) is 2.02. The fourth-order valence-corrected chi connectivity index (χ4v) is 1.38. The summed E-state index contributed by atoms with van der Waals surface area (Å²) in [6, 6.07) is 6.48. The highest BCUT2D eigenvalue weighted by atomic mass is 19.1. The molecule has 1 aromatic heterocycles. The van der Waals surface area contributed by atoms with Crippen molar-refractivity contribution in [2.24, 2.45) is 0 Å². The molecule has 0 spiro atoms. The smallest absolute Gasteiger partial charge is 0.335 e. The molecule has 2 rings (SSSR count). The normalized spacial score (nSPS) is 10.5. The van der Waals surface area contributed by atoms with Gasteiger partial charge in [0.25, 0.3) is 0 Å². The molecular formula is C12H14FN3O. The van der Waals surface area contributed by atoms with E-state index in [4.69, 9.17) is 4.74 Å². The van der Waals surface area contributed by atoms with Crippen molar-refractivity contribution in [3.05, 3.63) is 30.1 Å². The number of ether oxygens (including phenoxy) is 1. The molecule has 1 N–H and O–H groups in total. The van der Waals surface area contributed by atoms with Gasteiger partial charge in [0.05, 0.1) is 6.61 Å². The summed E-state index contributed by atoms with van der Waals surface area (Å²) in [6.45, 7) is 2.68. The van der Waals surface area contributed by atoms with Gasteiger partial charge < -0.3 is 4.74 Å². The Morgan fingerprint density at radius 3 is 3.06 bits per heavy atom. The Balaban J connectivity index is 2.07. The van der Waals surface area contributed by atoms with Crippen molar-refractivity contribution >= 4 is 0 Å². The van der Waals surface area contributed by atoms with Crippen LogP contribution in [0.3, 0.4) is 0 Å². The molecule has 0 bridgehead atoms. The van der Waals surface area contributed by atoms with Gasteiger partial charge in [-0.2, -0.15) is 4.98 Å². The van der Waals surface area contributed by atoms with E-state index in [-0.39, 0.29) is 5.82 Å². The first-order chi connectivity index (χ1) is 8.29. The fourth-order valence-electron chi connectivity index (χ4n) is 1.38. The first kappa shape index (κ1) is 11.6. The van der Waals surface area contributed by atoms with E-state index in [9.17, 15) is 4.39 Å². The minimum Gasteiger partial charge on any atom is -0.462 e. The van der Waals surface area contributed by atoms with Gasteiger partial charge in [0.2, 0.25) is 0 Å². The molecular weight excluding hydrogens is 221 g/mol. The predicted molar refractivity (Wildman–Crippen MR) is 62.2 cm³/mol. The molecule has 0 atom stereocenters. The lowest BCUT2D eigenvalue weighted by Gasteiger charge is -1.97. The third-order valence-electron chi connectivity index (χ3n) is 2.29. The van der Waals surface area contributed by atoms with Crippen molar-refractivity contribution in [2.45, 2.75) is 19.8 Å². The molecule has 1 aromatic carbocycles. The second-order valence-corrected chi connectivity index (χ2v) is 3.68. The highest BCUT2D eigenvalue weighted by Gasteiger charge is 2.06. The second kappa shape index (κ2) is 5.43. The number of hydrogen-bond acceptors (Lipinski definition) is 3. The Hall–Kier alpha value is -1.91. The molecule has 0 unspecified atom stereocenters. The number of hydrogen-bond donors (Lipinski definition) is 1. The SMILES string of the molecule is CCCCOc1n[nH]c(-c2cccc(F)c2)n1. The van der Waals surface area contributed by atoms with E-state index in [1.54, 1.807) is 12.1 Å². The summed E-state index contributed by atoms with van der Waals surface area (Å²) in [5, 5.41) is 6.64. The van der Waals surface area contributed by atoms with Gasteiger partial charge in [0, 0.05) is 5.56 Å². The number of nitrogens with one attached hydrogen (secondary N) is 1. The third kappa shape index (κ3) is 3.03. The Bertz CT molecular complexity index is 484. The molecule has 0 saturated heterocycles. The van der Waals surface area contributed by atoms with Crippen molar-refractivity contribution in [1.29, 1.82) is 0 Å². The summed E-state index contributed by atoms with van der Waals surface area (Å²) >= 11 is 0. The van der Waals surface area contributed by atoms with Gasteiger partial charge >= 0.3 is 6.01 Å². The summed E-state index contributed by atoms with van der Waals surface area (Å²) in [5.74, 6) is 0.211. The maximum absolute atomic E-state index is 13.0. The van der Waals surface area contributed by atoms with Crippen molar-refractivity contribution in [1.82, 2.24) is 15.2 Å². The number of aromatic amines is 1. The van der Waals surface area contributed by atoms with Crippen LogP contribution in [-0.4, -0.2) is 21.8 Å². The zero-order valence-corrected chi connectivity index (χ0v) is 9.61. The van der Waals surface area contributed by atoms with Crippen molar-refractivity contribution in [2.75, 3.05) is 6.61 Å². The number of unbranched alkanes of at least 4 members (excludes halogenated alkanes) is 1. The molecule has 0 radical (unpaired) electrons. The maximum atomic E-state index is 13.0. The molecule has 0 aliphatic carbocycles. The van der Waals surface area contributed by atoms with Gasteiger partial charge in [0.15, 0.2) is 5.82 Å². The van der Waals surface area contributed by atoms with E-state index in [0.717, 1.165) is 12.8 Å². The molecule has 0 aliphatic rings. The average molecular weight is 235 g/mol. The first-order valence-corrected chi connectivity index (χ1v) is 5.60. The van der Waals surface area contributed by atoms with Gasteiger partial charge in [0.1, 0.15) is 5.82 Å². The molecule has 5 heteroatoms. The van der Waals surface area contributed by atoms with Gasteiger partial charge in [-0.15, -0.1) is 5.10 Å². The van der Waals surface area contributed by atoms with Crippen molar-refractivity contribution in [3.8, 4) is 17.4 Å². The highest BCUT2D eigenvalue weighted by Crippen LogP contribution is 2.17. The maximum Gasteiger partial charge on any atom is 0.335 e. The Kier molecular flexibility index (Phi) is 3.69. The van der Waals surface area contributed by atoms with Crippen LogP contribution in [0.25, 0.3) is 11.4 Å². The van der Waals surface area contributed by atoms with E-state index >= 15 is 0 Å². The topological polar surface area (TPSA) is 50.8 Å². The largest absolute Gasteiger partial charge is 0.462 e. The van der Waals surface area contributed by atoms with Crippen LogP contribution >= 0.6 is 0 Å². The average Bonchev–Trinajstić information content (AvgIpc) is 2.78. The number of H-pyrrole nitrogens is 1. The zero-order valence-electron chi connectivity index (χ0n) is 9.61. The Morgan fingerprint density at radius 2 is 2.29 bits per heavy atom. The fraction of sp³-hybridized carbons (Fsp3) is 0.333. The lowest BCUT2D eigenvalue weighted by molar-refractivity contribution is 0.286. The highest BCUT2D eigenvalue weighted by molar-refractivity contribution is 5.54. The molecule has 90 valence electrons. The van der Waals surface area contributed by atoms with Gasteiger partial charge in [-0.1, -0.05) is 25.5 Å². The van der Waals surface area contributed by atoms with E-state index < -0.39 is 0 Å². The van der Waals surface area contributed by atoms with Gasteiger partial charge in [-0.3, -0.25) is 5.10 Å². The molecule has 0 amide bonds. The number of aromatic nitrogens is 3. The van der Waals surface area contributed by atoms with Crippen LogP contribution < -0.4 is 4.74 Å². The molecule has 17 heavy (non-hydrogen) atoms. The first-order valence-electron chi connectivity index (χ1n) is 5.60. The molecule has 0 aliphatic heterocycles. The third-order valence-corrected chi connectivity index (χ3v) is 2.29. The van der Waals surface area contributed by atoms with Gasteiger partial charge in [-0.05, 0) is 18.6 Å². The summed E-state index contributed by atoms with van der Waals surface area (Å²) in [4.78, 5) is 4.14. The van der Waals surface area contributed by atoms with Crippen LogP contribution in [0.5, 0.6) is 6.01 Å². The van der Waals surface area contributed by atoms with E-state index in [1.807, 2.05) is 0 Å². The number of nitrogens with zero attached hydrogens (tertiary/aromatic N) is 2. The second-order valence-electron chi connectivity index (χ2n) is 3.68. The minimum atomic E-state index is -0.299. The summed E-state index contributed by atoms with van der Waals surface area (Å²) < 4.78 is 18.3. The lowest BCUT2D eigenvalue weighted by Crippen LogP contribution is -1.97. The van der Waals surface area contributed by atoms with Crippen LogP contribution in [-0.2, 0) is 0 Å².